The third kappa shape index (κ3) is 2.57. The Bertz CT molecular complexity index is 673. The zero-order valence-corrected chi connectivity index (χ0v) is 14.2. The summed E-state index contributed by atoms with van der Waals surface area (Å²) in [6, 6.07) is 8.00. The molecule has 2 aromatic carbocycles. The molecule has 0 bridgehead atoms. The number of ketones is 1. The molecule has 0 atom stereocenters. The molecule has 0 spiro atoms. The molecule has 0 aliphatic heterocycles. The summed E-state index contributed by atoms with van der Waals surface area (Å²) in [7, 11) is 0. The molecular formula is C18H19BrO. The van der Waals surface area contributed by atoms with Crippen molar-refractivity contribution < 1.29 is 4.79 Å². The van der Waals surface area contributed by atoms with Crippen molar-refractivity contribution in [2.24, 2.45) is 0 Å². The number of benzene rings is 2. The first-order valence-electron chi connectivity index (χ1n) is 6.71. The number of carbonyl (C=O) groups excluding carboxylic acids is 1. The average Bonchev–Trinajstić information content (AvgIpc) is 2.39. The summed E-state index contributed by atoms with van der Waals surface area (Å²) in [4.78, 5) is 12.9. The van der Waals surface area contributed by atoms with Crippen molar-refractivity contribution in [3.05, 3.63) is 67.7 Å². The van der Waals surface area contributed by atoms with E-state index in [9.17, 15) is 4.79 Å². The molecule has 1 nitrogen and oxygen atoms in total. The predicted octanol–water partition coefficient (Wildman–Crippen LogP) is 5.22. The maximum absolute atomic E-state index is 12.9. The van der Waals surface area contributed by atoms with Crippen molar-refractivity contribution in [2.45, 2.75) is 34.6 Å². The summed E-state index contributed by atoms with van der Waals surface area (Å²) < 4.78 is 0.936. The Morgan fingerprint density at radius 1 is 0.850 bits per heavy atom. The maximum atomic E-state index is 12.9. The number of hydrogen-bond acceptors (Lipinski definition) is 1. The normalized spacial score (nSPS) is 10.7. The largest absolute Gasteiger partial charge is 0.289 e. The first kappa shape index (κ1) is 15.0. The number of hydrogen-bond donors (Lipinski definition) is 0. The van der Waals surface area contributed by atoms with E-state index in [4.69, 9.17) is 0 Å². The van der Waals surface area contributed by atoms with Gasteiger partial charge in [-0.1, -0.05) is 28.1 Å². The fourth-order valence-electron chi connectivity index (χ4n) is 2.53. The van der Waals surface area contributed by atoms with Crippen LogP contribution in [0.4, 0.5) is 0 Å². The van der Waals surface area contributed by atoms with Crippen LogP contribution in [0.1, 0.15) is 43.7 Å². The maximum Gasteiger partial charge on any atom is 0.193 e. The topological polar surface area (TPSA) is 17.1 Å². The summed E-state index contributed by atoms with van der Waals surface area (Å²) >= 11 is 3.45. The van der Waals surface area contributed by atoms with Crippen LogP contribution in [0.25, 0.3) is 0 Å². The average molecular weight is 331 g/mol. The highest BCUT2D eigenvalue weighted by atomic mass is 79.9. The lowest BCUT2D eigenvalue weighted by Crippen LogP contribution is -2.10. The van der Waals surface area contributed by atoms with Gasteiger partial charge in [0.15, 0.2) is 5.78 Å². The van der Waals surface area contributed by atoms with Crippen LogP contribution in [0, 0.1) is 34.6 Å². The molecule has 0 N–H and O–H groups in total. The van der Waals surface area contributed by atoms with E-state index >= 15 is 0 Å². The van der Waals surface area contributed by atoms with Gasteiger partial charge in [-0.25, -0.2) is 0 Å². The molecule has 2 rings (SSSR count). The summed E-state index contributed by atoms with van der Waals surface area (Å²) in [5, 5.41) is 0. The van der Waals surface area contributed by atoms with Crippen LogP contribution in [0.3, 0.4) is 0 Å². The van der Waals surface area contributed by atoms with Gasteiger partial charge in [0, 0.05) is 15.6 Å². The molecule has 0 unspecified atom stereocenters. The highest BCUT2D eigenvalue weighted by Crippen LogP contribution is 2.26. The molecule has 0 radical (unpaired) electrons. The van der Waals surface area contributed by atoms with Crippen molar-refractivity contribution in [2.75, 3.05) is 0 Å². The summed E-state index contributed by atoms with van der Waals surface area (Å²) in [6.07, 6.45) is 0. The van der Waals surface area contributed by atoms with Gasteiger partial charge >= 0.3 is 0 Å². The lowest BCUT2D eigenvalue weighted by molar-refractivity contribution is 0.103. The molecule has 0 aromatic heterocycles. The fourth-order valence-corrected chi connectivity index (χ4v) is 2.89. The molecule has 0 saturated carbocycles. The number of aryl methyl sites for hydroxylation is 3. The molecule has 0 heterocycles. The molecule has 0 aliphatic carbocycles. The van der Waals surface area contributed by atoms with E-state index in [1.54, 1.807) is 0 Å². The van der Waals surface area contributed by atoms with Crippen molar-refractivity contribution in [3.8, 4) is 0 Å². The standard InChI is InChI=1S/C18H19BrO/c1-10-6-7-15(19)9-16(10)18(20)17-13(4)11(2)8-12(3)14(17)5/h6-9H,1-5H3. The second-order valence-electron chi connectivity index (χ2n) is 5.42. The summed E-state index contributed by atoms with van der Waals surface area (Å²) in [6.45, 7) is 10.2. The van der Waals surface area contributed by atoms with E-state index in [2.05, 4.69) is 35.8 Å². The van der Waals surface area contributed by atoms with Crippen molar-refractivity contribution in [1.29, 1.82) is 0 Å². The van der Waals surface area contributed by atoms with Gasteiger partial charge in [-0.2, -0.15) is 0 Å². The van der Waals surface area contributed by atoms with E-state index in [0.29, 0.717) is 0 Å². The number of carbonyl (C=O) groups is 1. The van der Waals surface area contributed by atoms with Gasteiger partial charge < -0.3 is 0 Å². The number of halogens is 1. The van der Waals surface area contributed by atoms with Crippen LogP contribution < -0.4 is 0 Å². The Kier molecular flexibility index (Phi) is 4.14. The van der Waals surface area contributed by atoms with E-state index < -0.39 is 0 Å². The highest BCUT2D eigenvalue weighted by molar-refractivity contribution is 9.10. The third-order valence-electron chi connectivity index (χ3n) is 4.04. The van der Waals surface area contributed by atoms with Crippen LogP contribution in [0.5, 0.6) is 0 Å². The lowest BCUT2D eigenvalue weighted by atomic mass is 9.88. The van der Waals surface area contributed by atoms with Gasteiger partial charge in [0.1, 0.15) is 0 Å². The van der Waals surface area contributed by atoms with Gasteiger partial charge in [0.2, 0.25) is 0 Å². The van der Waals surface area contributed by atoms with Crippen LogP contribution in [-0.2, 0) is 0 Å². The first-order chi connectivity index (χ1) is 9.32. The van der Waals surface area contributed by atoms with E-state index in [1.165, 1.54) is 11.1 Å². The van der Waals surface area contributed by atoms with E-state index in [1.807, 2.05) is 39.0 Å². The lowest BCUT2D eigenvalue weighted by Gasteiger charge is -2.15. The van der Waals surface area contributed by atoms with Crippen LogP contribution in [-0.4, -0.2) is 5.78 Å². The Morgan fingerprint density at radius 2 is 1.40 bits per heavy atom. The van der Waals surface area contributed by atoms with Gasteiger partial charge in [-0.3, -0.25) is 4.79 Å². The van der Waals surface area contributed by atoms with Crippen molar-refractivity contribution in [3.63, 3.8) is 0 Å². The van der Waals surface area contributed by atoms with Gasteiger partial charge in [-0.05, 0) is 74.6 Å². The Hall–Kier alpha value is -1.41. The Balaban J connectivity index is 2.68. The minimum Gasteiger partial charge on any atom is -0.289 e. The minimum absolute atomic E-state index is 0.116. The SMILES string of the molecule is Cc1ccc(Br)cc1C(=O)c1c(C)c(C)cc(C)c1C. The van der Waals surface area contributed by atoms with E-state index in [0.717, 1.165) is 32.3 Å². The van der Waals surface area contributed by atoms with Crippen molar-refractivity contribution in [1.82, 2.24) is 0 Å². The molecule has 20 heavy (non-hydrogen) atoms. The summed E-state index contributed by atoms with van der Waals surface area (Å²) in [5.41, 5.74) is 7.14. The fraction of sp³-hybridized carbons (Fsp3) is 0.278. The van der Waals surface area contributed by atoms with Gasteiger partial charge in [0.05, 0.1) is 0 Å². The molecule has 0 saturated heterocycles. The van der Waals surface area contributed by atoms with E-state index in [-0.39, 0.29) is 5.78 Å². The first-order valence-corrected chi connectivity index (χ1v) is 7.50. The van der Waals surface area contributed by atoms with Crippen LogP contribution >= 0.6 is 15.9 Å². The molecule has 104 valence electrons. The number of rotatable bonds is 2. The second-order valence-corrected chi connectivity index (χ2v) is 6.34. The smallest absolute Gasteiger partial charge is 0.193 e. The zero-order valence-electron chi connectivity index (χ0n) is 12.6. The second kappa shape index (κ2) is 5.53. The van der Waals surface area contributed by atoms with Crippen LogP contribution in [0.15, 0.2) is 28.7 Å². The quantitative estimate of drug-likeness (QED) is 0.689. The molecule has 0 aliphatic rings. The van der Waals surface area contributed by atoms with Crippen molar-refractivity contribution >= 4 is 21.7 Å². The molecule has 0 fully saturated rings. The molecular weight excluding hydrogens is 312 g/mol. The van der Waals surface area contributed by atoms with Crippen LogP contribution in [0.2, 0.25) is 0 Å². The Morgan fingerprint density at radius 3 is 1.95 bits per heavy atom. The third-order valence-corrected chi connectivity index (χ3v) is 4.53. The highest BCUT2D eigenvalue weighted by Gasteiger charge is 2.19. The summed E-state index contributed by atoms with van der Waals surface area (Å²) in [5.74, 6) is 0.116. The monoisotopic (exact) mass is 330 g/mol. The minimum atomic E-state index is 0.116. The molecule has 0 amide bonds. The zero-order chi connectivity index (χ0) is 15.0. The van der Waals surface area contributed by atoms with Gasteiger partial charge in [-0.15, -0.1) is 0 Å². The Labute approximate surface area is 129 Å². The predicted molar refractivity (Wildman–Crippen MR) is 87.7 cm³/mol. The molecule has 2 aromatic rings. The molecule has 2 heteroatoms. The van der Waals surface area contributed by atoms with Gasteiger partial charge in [0.25, 0.3) is 0 Å².